The number of aromatic nitrogens is 3. The number of hydrogen-bond donors (Lipinski definition) is 2. The van der Waals surface area contributed by atoms with Gasteiger partial charge in [0.15, 0.2) is 5.11 Å². The van der Waals surface area contributed by atoms with Gasteiger partial charge in [-0.15, -0.1) is 0 Å². The predicted octanol–water partition coefficient (Wildman–Crippen LogP) is 5.45. The molecule has 2 atom stereocenters. The second-order valence-corrected chi connectivity index (χ2v) is 9.24. The number of methoxy groups -OCH3 is 1. The van der Waals surface area contributed by atoms with E-state index in [-0.39, 0.29) is 18.0 Å². The molecule has 0 radical (unpaired) electrons. The molecule has 3 aromatic heterocycles. The summed E-state index contributed by atoms with van der Waals surface area (Å²) in [6.45, 7) is 1.80. The van der Waals surface area contributed by atoms with E-state index in [1.165, 1.54) is 0 Å². The lowest BCUT2D eigenvalue weighted by atomic mass is 10.0. The van der Waals surface area contributed by atoms with Gasteiger partial charge in [0.1, 0.15) is 17.6 Å². The Morgan fingerprint density at radius 3 is 2.73 bits per heavy atom. The van der Waals surface area contributed by atoms with E-state index < -0.39 is 0 Å². The standard InChI is InChI=1S/C27H25ClN6O2S/c1-3-24(35)31-19-11-10-18(15-22(19)36-2)34-26(25(32-27(34)37)20-7-4-5-13-29-20)21-8-6-14-33(21)23-12-9-17(28)16-30-23/h4-16,25-26H,3H2,1-2H3,(H,31,35)(H,32,37)/t25-,26+/m0/s1. The van der Waals surface area contributed by atoms with E-state index >= 15 is 0 Å². The van der Waals surface area contributed by atoms with E-state index in [1.807, 2.05) is 76.3 Å². The Kier molecular flexibility index (Phi) is 7.07. The van der Waals surface area contributed by atoms with Crippen LogP contribution in [0.2, 0.25) is 5.02 Å². The molecule has 1 fully saturated rings. The maximum absolute atomic E-state index is 12.0. The molecule has 188 valence electrons. The zero-order valence-electron chi connectivity index (χ0n) is 20.3. The second-order valence-electron chi connectivity index (χ2n) is 8.42. The number of carbonyl (C=O) groups is 1. The first-order valence-corrected chi connectivity index (χ1v) is 12.6. The Hall–Kier alpha value is -3.95. The van der Waals surface area contributed by atoms with Crippen molar-refractivity contribution in [3.63, 3.8) is 0 Å². The van der Waals surface area contributed by atoms with Gasteiger partial charge in [-0.25, -0.2) is 4.98 Å². The lowest BCUT2D eigenvalue weighted by molar-refractivity contribution is -0.115. The highest BCUT2D eigenvalue weighted by Crippen LogP contribution is 2.43. The molecule has 10 heteroatoms. The summed E-state index contributed by atoms with van der Waals surface area (Å²) in [7, 11) is 1.58. The monoisotopic (exact) mass is 532 g/mol. The van der Waals surface area contributed by atoms with Crippen molar-refractivity contribution in [2.75, 3.05) is 17.3 Å². The highest BCUT2D eigenvalue weighted by Gasteiger charge is 2.42. The lowest BCUT2D eigenvalue weighted by Crippen LogP contribution is -2.30. The largest absolute Gasteiger partial charge is 0.494 e. The highest BCUT2D eigenvalue weighted by atomic mass is 35.5. The molecule has 1 saturated heterocycles. The summed E-state index contributed by atoms with van der Waals surface area (Å²) < 4.78 is 7.64. The average molecular weight is 533 g/mol. The number of amides is 1. The van der Waals surface area contributed by atoms with E-state index in [2.05, 4.69) is 20.6 Å². The van der Waals surface area contributed by atoms with E-state index in [9.17, 15) is 4.79 Å². The molecule has 0 bridgehead atoms. The van der Waals surface area contributed by atoms with Crippen LogP contribution < -0.4 is 20.3 Å². The van der Waals surface area contributed by atoms with Crippen LogP contribution in [0, 0.1) is 0 Å². The molecule has 1 aliphatic heterocycles. The van der Waals surface area contributed by atoms with Crippen molar-refractivity contribution < 1.29 is 9.53 Å². The van der Waals surface area contributed by atoms with Crippen LogP contribution in [-0.2, 0) is 4.79 Å². The van der Waals surface area contributed by atoms with Gasteiger partial charge in [0.05, 0.1) is 29.6 Å². The van der Waals surface area contributed by atoms with Gasteiger partial charge in [-0.3, -0.25) is 9.78 Å². The molecule has 2 N–H and O–H groups in total. The zero-order valence-corrected chi connectivity index (χ0v) is 21.8. The van der Waals surface area contributed by atoms with Crippen molar-refractivity contribution in [2.45, 2.75) is 25.4 Å². The number of benzene rings is 1. The summed E-state index contributed by atoms with van der Waals surface area (Å²) in [5.41, 5.74) is 3.22. The third kappa shape index (κ3) is 4.87. The number of rotatable bonds is 7. The van der Waals surface area contributed by atoms with Gasteiger partial charge < -0.3 is 24.8 Å². The van der Waals surface area contributed by atoms with Crippen molar-refractivity contribution in [1.82, 2.24) is 19.9 Å². The molecule has 0 unspecified atom stereocenters. The Morgan fingerprint density at radius 1 is 1.16 bits per heavy atom. The predicted molar refractivity (Wildman–Crippen MR) is 148 cm³/mol. The lowest BCUT2D eigenvalue weighted by Gasteiger charge is -2.29. The number of ether oxygens (including phenoxy) is 1. The maximum Gasteiger partial charge on any atom is 0.224 e. The van der Waals surface area contributed by atoms with Crippen molar-refractivity contribution in [2.24, 2.45) is 0 Å². The number of anilines is 2. The number of nitrogens with zero attached hydrogens (tertiary/aromatic N) is 4. The van der Waals surface area contributed by atoms with Crippen LogP contribution in [0.4, 0.5) is 11.4 Å². The number of thiocarbonyl (C=S) groups is 1. The molecular weight excluding hydrogens is 508 g/mol. The first kappa shape index (κ1) is 24.7. The van der Waals surface area contributed by atoms with Crippen LogP contribution in [0.1, 0.15) is 36.8 Å². The van der Waals surface area contributed by atoms with Crippen LogP contribution in [0.3, 0.4) is 0 Å². The molecule has 0 aliphatic carbocycles. The molecule has 0 spiro atoms. The normalized spacial score (nSPS) is 16.9. The molecule has 1 amide bonds. The number of halogens is 1. The quantitative estimate of drug-likeness (QED) is 0.306. The number of hydrogen-bond acceptors (Lipinski definition) is 5. The minimum absolute atomic E-state index is 0.0919. The van der Waals surface area contributed by atoms with Gasteiger partial charge in [-0.2, -0.15) is 0 Å². The molecule has 4 aromatic rings. The van der Waals surface area contributed by atoms with E-state index in [0.29, 0.717) is 28.0 Å². The van der Waals surface area contributed by atoms with Gasteiger partial charge in [-0.05, 0) is 60.7 Å². The van der Waals surface area contributed by atoms with Crippen molar-refractivity contribution >= 4 is 46.2 Å². The van der Waals surface area contributed by atoms with Crippen molar-refractivity contribution in [1.29, 1.82) is 0 Å². The second kappa shape index (κ2) is 10.6. The van der Waals surface area contributed by atoms with Crippen LogP contribution in [-0.4, -0.2) is 32.7 Å². The van der Waals surface area contributed by atoms with Gasteiger partial charge in [0.2, 0.25) is 5.91 Å². The van der Waals surface area contributed by atoms with Crippen molar-refractivity contribution in [3.8, 4) is 11.6 Å². The van der Waals surface area contributed by atoms with Crippen LogP contribution in [0.15, 0.2) is 79.3 Å². The van der Waals surface area contributed by atoms with Gasteiger partial charge in [0, 0.05) is 42.5 Å². The van der Waals surface area contributed by atoms with Gasteiger partial charge >= 0.3 is 0 Å². The third-order valence-corrected chi connectivity index (χ3v) is 6.74. The minimum Gasteiger partial charge on any atom is -0.494 e. The summed E-state index contributed by atoms with van der Waals surface area (Å²) in [6.07, 6.45) is 5.73. The smallest absolute Gasteiger partial charge is 0.224 e. The Labute approximate surface area is 225 Å². The zero-order chi connectivity index (χ0) is 25.9. The maximum atomic E-state index is 12.0. The number of carbonyl (C=O) groups excluding carboxylic acids is 1. The average Bonchev–Trinajstić information content (AvgIpc) is 3.54. The van der Waals surface area contributed by atoms with Crippen LogP contribution in [0.25, 0.3) is 5.82 Å². The van der Waals surface area contributed by atoms with Gasteiger partial charge in [0.25, 0.3) is 0 Å². The molecule has 1 aromatic carbocycles. The number of nitrogens with one attached hydrogen (secondary N) is 2. The summed E-state index contributed by atoms with van der Waals surface area (Å²) in [5.74, 6) is 1.18. The summed E-state index contributed by atoms with van der Waals surface area (Å²) in [5, 5.41) is 7.46. The Bertz CT molecular complexity index is 1430. The topological polar surface area (TPSA) is 84.3 Å². The molecule has 5 rings (SSSR count). The Morgan fingerprint density at radius 2 is 2.03 bits per heavy atom. The van der Waals surface area contributed by atoms with Crippen LogP contribution >= 0.6 is 23.8 Å². The molecule has 4 heterocycles. The summed E-state index contributed by atoms with van der Waals surface area (Å²) >= 11 is 12.0. The summed E-state index contributed by atoms with van der Waals surface area (Å²) in [6, 6.07) is 18.7. The first-order chi connectivity index (χ1) is 18.0. The first-order valence-electron chi connectivity index (χ1n) is 11.8. The molecule has 8 nitrogen and oxygen atoms in total. The molecular formula is C27H25ClN6O2S. The van der Waals surface area contributed by atoms with E-state index in [1.54, 1.807) is 26.4 Å². The fourth-order valence-electron chi connectivity index (χ4n) is 4.46. The Balaban J connectivity index is 1.62. The minimum atomic E-state index is -0.268. The van der Waals surface area contributed by atoms with Gasteiger partial charge in [-0.1, -0.05) is 24.6 Å². The summed E-state index contributed by atoms with van der Waals surface area (Å²) in [4.78, 5) is 23.2. The van der Waals surface area contributed by atoms with E-state index in [4.69, 9.17) is 28.6 Å². The number of pyridine rings is 2. The van der Waals surface area contributed by atoms with Crippen molar-refractivity contribution in [3.05, 3.63) is 95.7 Å². The van der Waals surface area contributed by atoms with Crippen LogP contribution in [0.5, 0.6) is 5.75 Å². The third-order valence-electron chi connectivity index (χ3n) is 6.20. The fourth-order valence-corrected chi connectivity index (χ4v) is 4.92. The van der Waals surface area contributed by atoms with E-state index in [0.717, 1.165) is 22.9 Å². The highest BCUT2D eigenvalue weighted by molar-refractivity contribution is 7.80. The molecule has 1 aliphatic rings. The SMILES string of the molecule is CCC(=O)Nc1ccc(N2C(=S)N[C@@H](c3ccccn3)[C@H]2c2cccn2-c2ccc(Cl)cn2)cc1OC. The fraction of sp³-hybridized carbons (Fsp3) is 0.185. The molecule has 0 saturated carbocycles. The molecule has 37 heavy (non-hydrogen) atoms.